The van der Waals surface area contributed by atoms with Gasteiger partial charge in [-0.05, 0) is 44.7 Å². The minimum absolute atomic E-state index is 0.300. The van der Waals surface area contributed by atoms with Gasteiger partial charge in [-0.3, -0.25) is 4.90 Å². The number of benzene rings is 1. The fraction of sp³-hybridized carbons (Fsp3) is 0.556. The summed E-state index contributed by atoms with van der Waals surface area (Å²) in [5.74, 6) is 1.06. The van der Waals surface area contributed by atoms with Crippen LogP contribution in [0.25, 0.3) is 0 Å². The first kappa shape index (κ1) is 17.2. The van der Waals surface area contributed by atoms with Crippen molar-refractivity contribution in [3.63, 3.8) is 0 Å². The van der Waals surface area contributed by atoms with E-state index in [0.717, 1.165) is 43.2 Å². The lowest BCUT2D eigenvalue weighted by Crippen LogP contribution is -2.38. The van der Waals surface area contributed by atoms with Crippen molar-refractivity contribution in [3.05, 3.63) is 34.3 Å². The second-order valence-electron chi connectivity index (χ2n) is 6.21. The molecule has 0 amide bonds. The summed E-state index contributed by atoms with van der Waals surface area (Å²) in [4.78, 5) is 2.42. The fourth-order valence-corrected chi connectivity index (χ4v) is 3.80. The highest BCUT2D eigenvalue weighted by Gasteiger charge is 2.22. The average Bonchev–Trinajstić information content (AvgIpc) is 3.00. The zero-order valence-electron chi connectivity index (χ0n) is 14.6. The summed E-state index contributed by atoms with van der Waals surface area (Å²) in [6, 6.07) is 6.31. The van der Waals surface area contributed by atoms with Crippen LogP contribution in [0.3, 0.4) is 0 Å². The molecule has 0 atom stereocenters. The first-order chi connectivity index (χ1) is 11.7. The number of ether oxygens (including phenoxy) is 2. The predicted octanol–water partition coefficient (Wildman–Crippen LogP) is 3.60. The molecule has 0 bridgehead atoms. The summed E-state index contributed by atoms with van der Waals surface area (Å²) in [5.41, 5.74) is 2.43. The lowest BCUT2D eigenvalue weighted by Gasteiger charge is -2.32. The fourth-order valence-electron chi connectivity index (χ4n) is 3.01. The highest BCUT2D eigenvalue weighted by atomic mass is 32.1. The van der Waals surface area contributed by atoms with E-state index < -0.39 is 0 Å². The molecule has 1 aromatic carbocycles. The summed E-state index contributed by atoms with van der Waals surface area (Å²) in [6.45, 7) is 9.72. The van der Waals surface area contributed by atoms with Gasteiger partial charge in [-0.2, -0.15) is 0 Å². The van der Waals surface area contributed by atoms with Crippen LogP contribution < -0.4 is 9.47 Å². The van der Waals surface area contributed by atoms with E-state index in [1.807, 2.05) is 6.92 Å². The molecule has 2 aromatic rings. The van der Waals surface area contributed by atoms with E-state index in [9.17, 15) is 0 Å². The summed E-state index contributed by atoms with van der Waals surface area (Å²) < 4.78 is 11.7. The maximum atomic E-state index is 6.28. The number of hydrogen-bond acceptors (Lipinski definition) is 6. The van der Waals surface area contributed by atoms with Crippen LogP contribution >= 0.6 is 11.3 Å². The average molecular weight is 347 g/mol. The molecule has 0 aliphatic carbocycles. The van der Waals surface area contributed by atoms with Crippen molar-refractivity contribution in [2.24, 2.45) is 0 Å². The van der Waals surface area contributed by atoms with Crippen molar-refractivity contribution in [1.82, 2.24) is 15.1 Å². The SMILES string of the molecule is CCOc1nnc(CN2CCC(Oc3c(C)cccc3C)CC2)s1. The predicted molar refractivity (Wildman–Crippen MR) is 95.9 cm³/mol. The van der Waals surface area contributed by atoms with E-state index in [4.69, 9.17) is 9.47 Å². The number of hydrogen-bond donors (Lipinski definition) is 0. The molecule has 0 saturated carbocycles. The van der Waals surface area contributed by atoms with Gasteiger partial charge < -0.3 is 9.47 Å². The number of piperidine rings is 1. The zero-order valence-corrected chi connectivity index (χ0v) is 15.4. The van der Waals surface area contributed by atoms with E-state index in [-0.39, 0.29) is 0 Å². The van der Waals surface area contributed by atoms with Crippen molar-refractivity contribution in [2.75, 3.05) is 19.7 Å². The zero-order chi connectivity index (χ0) is 16.9. The Kier molecular flexibility index (Phi) is 5.68. The Morgan fingerprint density at radius 2 is 1.88 bits per heavy atom. The quantitative estimate of drug-likeness (QED) is 0.799. The van der Waals surface area contributed by atoms with Crippen LogP contribution in [0, 0.1) is 13.8 Å². The molecule has 1 saturated heterocycles. The molecule has 2 heterocycles. The van der Waals surface area contributed by atoms with Crippen LogP contribution in [0.2, 0.25) is 0 Å². The number of likely N-dealkylation sites (tertiary alicyclic amines) is 1. The topological polar surface area (TPSA) is 47.5 Å². The van der Waals surface area contributed by atoms with Crippen molar-refractivity contribution in [2.45, 2.75) is 46.3 Å². The second kappa shape index (κ2) is 7.94. The highest BCUT2D eigenvalue weighted by Crippen LogP contribution is 2.27. The van der Waals surface area contributed by atoms with E-state index in [1.165, 1.54) is 11.1 Å². The number of aryl methyl sites for hydroxylation is 2. The third kappa shape index (κ3) is 4.24. The second-order valence-corrected chi connectivity index (χ2v) is 7.23. The molecular formula is C18H25N3O2S. The Balaban J connectivity index is 1.50. The van der Waals surface area contributed by atoms with Gasteiger partial charge in [0.05, 0.1) is 13.2 Å². The first-order valence-corrected chi connectivity index (χ1v) is 9.37. The minimum Gasteiger partial charge on any atom is -0.490 e. The molecule has 1 aliphatic heterocycles. The monoisotopic (exact) mass is 347 g/mol. The van der Waals surface area contributed by atoms with Crippen LogP contribution in [0.1, 0.15) is 35.9 Å². The number of aromatic nitrogens is 2. The molecular weight excluding hydrogens is 322 g/mol. The van der Waals surface area contributed by atoms with Crippen molar-refractivity contribution < 1.29 is 9.47 Å². The molecule has 0 spiro atoms. The van der Waals surface area contributed by atoms with Crippen molar-refractivity contribution >= 4 is 11.3 Å². The Morgan fingerprint density at radius 1 is 1.17 bits per heavy atom. The Morgan fingerprint density at radius 3 is 2.54 bits per heavy atom. The molecule has 5 nitrogen and oxygen atoms in total. The van der Waals surface area contributed by atoms with Gasteiger partial charge in [-0.15, -0.1) is 10.2 Å². The Labute approximate surface area is 147 Å². The van der Waals surface area contributed by atoms with Gasteiger partial charge in [0.1, 0.15) is 16.9 Å². The Bertz CT molecular complexity index is 646. The van der Waals surface area contributed by atoms with E-state index in [0.29, 0.717) is 17.9 Å². The molecule has 6 heteroatoms. The molecule has 0 unspecified atom stereocenters. The van der Waals surface area contributed by atoms with Crippen LogP contribution in [0.4, 0.5) is 0 Å². The largest absolute Gasteiger partial charge is 0.490 e. The molecule has 1 fully saturated rings. The first-order valence-electron chi connectivity index (χ1n) is 8.56. The summed E-state index contributed by atoms with van der Waals surface area (Å²) in [7, 11) is 0. The Hall–Kier alpha value is -1.66. The van der Waals surface area contributed by atoms with Crippen LogP contribution in [0.15, 0.2) is 18.2 Å². The van der Waals surface area contributed by atoms with Gasteiger partial charge in [0, 0.05) is 13.1 Å². The van der Waals surface area contributed by atoms with Gasteiger partial charge in [-0.25, -0.2) is 0 Å². The molecule has 0 N–H and O–H groups in total. The van der Waals surface area contributed by atoms with E-state index in [1.54, 1.807) is 11.3 Å². The third-order valence-electron chi connectivity index (χ3n) is 4.30. The van der Waals surface area contributed by atoms with Gasteiger partial charge in [0.25, 0.3) is 5.19 Å². The number of para-hydroxylation sites is 1. The van der Waals surface area contributed by atoms with Gasteiger partial charge in [0.2, 0.25) is 0 Å². The summed E-state index contributed by atoms with van der Waals surface area (Å²) in [5, 5.41) is 9.95. The maximum Gasteiger partial charge on any atom is 0.294 e. The molecule has 24 heavy (non-hydrogen) atoms. The van der Waals surface area contributed by atoms with Crippen molar-refractivity contribution in [1.29, 1.82) is 0 Å². The summed E-state index contributed by atoms with van der Waals surface area (Å²) in [6.07, 6.45) is 2.39. The molecule has 3 rings (SSSR count). The van der Waals surface area contributed by atoms with Gasteiger partial charge in [-0.1, -0.05) is 29.5 Å². The van der Waals surface area contributed by atoms with Crippen molar-refractivity contribution in [3.8, 4) is 10.9 Å². The lowest BCUT2D eigenvalue weighted by atomic mass is 10.1. The summed E-state index contributed by atoms with van der Waals surface area (Å²) >= 11 is 1.54. The van der Waals surface area contributed by atoms with Gasteiger partial charge >= 0.3 is 0 Å². The third-order valence-corrected chi connectivity index (χ3v) is 5.12. The molecule has 130 valence electrons. The smallest absolute Gasteiger partial charge is 0.294 e. The number of rotatable bonds is 6. The van der Waals surface area contributed by atoms with E-state index in [2.05, 4.69) is 47.1 Å². The molecule has 1 aromatic heterocycles. The molecule has 1 aliphatic rings. The minimum atomic E-state index is 0.300. The van der Waals surface area contributed by atoms with Crippen LogP contribution in [-0.2, 0) is 6.54 Å². The van der Waals surface area contributed by atoms with Gasteiger partial charge in [0.15, 0.2) is 0 Å². The van der Waals surface area contributed by atoms with Crippen LogP contribution in [-0.4, -0.2) is 40.9 Å². The molecule has 0 radical (unpaired) electrons. The van der Waals surface area contributed by atoms with Crippen LogP contribution in [0.5, 0.6) is 10.9 Å². The standard InChI is InChI=1S/C18H25N3O2S/c1-4-22-18-20-19-16(24-18)12-21-10-8-15(9-11-21)23-17-13(2)6-5-7-14(17)3/h5-7,15H,4,8-12H2,1-3H3. The normalized spacial score (nSPS) is 16.3. The van der Waals surface area contributed by atoms with E-state index >= 15 is 0 Å². The number of nitrogens with zero attached hydrogens (tertiary/aromatic N) is 3. The lowest BCUT2D eigenvalue weighted by molar-refractivity contribution is 0.0955. The highest BCUT2D eigenvalue weighted by molar-refractivity contribution is 7.13. The maximum absolute atomic E-state index is 6.28.